The molecule has 0 aliphatic carbocycles. The summed E-state index contributed by atoms with van der Waals surface area (Å²) < 4.78 is 52.5. The topological polar surface area (TPSA) is 291 Å². The molecule has 1 aliphatic rings. The van der Waals surface area contributed by atoms with Crippen molar-refractivity contribution in [2.75, 3.05) is 24.2 Å². The standard InChI is InChI=1S/C14H25N6O13P3/c1-2-3-4-16-14-18-11(15)8-12(19-14)20(6-17-8)13-10(22)9(21)7(31-13)5-30-35(26,27)33-36(28,29)32-34(23,24)25/h6-7,9-10,13,21-22H,2-5H2,1H3,(H,26,27)(H,28,29)(H2,23,24,25)(H3,15,16,18,19)/t7-,9-,10-,13-/m1/s1. The van der Waals surface area contributed by atoms with E-state index in [0.717, 1.165) is 12.8 Å². The van der Waals surface area contributed by atoms with Crippen molar-refractivity contribution in [3.63, 3.8) is 0 Å². The number of ether oxygens (including phenoxy) is 1. The summed E-state index contributed by atoms with van der Waals surface area (Å²) in [4.78, 5) is 48.4. The molecule has 6 atom stereocenters. The normalized spacial score (nSPS) is 26.1. The maximum atomic E-state index is 11.9. The Morgan fingerprint density at radius 1 is 1.11 bits per heavy atom. The lowest BCUT2D eigenvalue weighted by Gasteiger charge is -2.19. The molecule has 0 radical (unpaired) electrons. The van der Waals surface area contributed by atoms with Crippen molar-refractivity contribution in [3.8, 4) is 0 Å². The number of imidazole rings is 1. The van der Waals surface area contributed by atoms with E-state index in [1.54, 1.807) is 0 Å². The molecule has 0 bridgehead atoms. The molecule has 9 N–H and O–H groups in total. The maximum absolute atomic E-state index is 11.9. The molecule has 3 rings (SSSR count). The summed E-state index contributed by atoms with van der Waals surface area (Å²) in [5.74, 6) is 0.224. The van der Waals surface area contributed by atoms with Crippen LogP contribution in [0.3, 0.4) is 0 Å². The van der Waals surface area contributed by atoms with Gasteiger partial charge in [0, 0.05) is 6.54 Å². The van der Waals surface area contributed by atoms with E-state index in [4.69, 9.17) is 20.3 Å². The molecule has 2 aromatic rings. The molecular formula is C14H25N6O13P3. The highest BCUT2D eigenvalue weighted by Gasteiger charge is 2.47. The third kappa shape index (κ3) is 7.26. The molecule has 204 valence electrons. The third-order valence-corrected chi connectivity index (χ3v) is 8.49. The summed E-state index contributed by atoms with van der Waals surface area (Å²) in [6, 6.07) is 0. The minimum absolute atomic E-state index is 0.0370. The number of aromatic nitrogens is 4. The Balaban J connectivity index is 1.73. The van der Waals surface area contributed by atoms with Crippen LogP contribution in [0.5, 0.6) is 0 Å². The minimum Gasteiger partial charge on any atom is -0.387 e. The molecule has 0 saturated carbocycles. The van der Waals surface area contributed by atoms with Crippen molar-refractivity contribution in [3.05, 3.63) is 6.33 Å². The van der Waals surface area contributed by atoms with Crippen molar-refractivity contribution in [1.29, 1.82) is 0 Å². The first-order valence-corrected chi connectivity index (χ1v) is 14.7. The average Bonchev–Trinajstić information content (AvgIpc) is 3.26. The van der Waals surface area contributed by atoms with Gasteiger partial charge in [-0.05, 0) is 6.42 Å². The van der Waals surface area contributed by atoms with Crippen LogP contribution in [0.2, 0.25) is 0 Å². The van der Waals surface area contributed by atoms with Crippen LogP contribution in [0.1, 0.15) is 26.0 Å². The molecule has 1 fully saturated rings. The zero-order chi connectivity index (χ0) is 26.9. The van der Waals surface area contributed by atoms with Gasteiger partial charge in [0.05, 0.1) is 12.9 Å². The molecule has 0 aromatic carbocycles. The van der Waals surface area contributed by atoms with Gasteiger partial charge in [0.1, 0.15) is 23.8 Å². The largest absolute Gasteiger partial charge is 0.490 e. The maximum Gasteiger partial charge on any atom is 0.490 e. The first-order chi connectivity index (χ1) is 16.6. The summed E-state index contributed by atoms with van der Waals surface area (Å²) in [6.07, 6.45) is -3.13. The number of aliphatic hydroxyl groups is 2. The Morgan fingerprint density at radius 3 is 2.44 bits per heavy atom. The fourth-order valence-electron chi connectivity index (χ4n) is 3.15. The van der Waals surface area contributed by atoms with Crippen LogP contribution in [0.15, 0.2) is 6.33 Å². The van der Waals surface area contributed by atoms with E-state index in [1.165, 1.54) is 10.9 Å². The molecule has 1 aliphatic heterocycles. The van der Waals surface area contributed by atoms with Crippen LogP contribution in [0.4, 0.5) is 11.8 Å². The van der Waals surface area contributed by atoms with Crippen molar-refractivity contribution in [2.24, 2.45) is 0 Å². The Morgan fingerprint density at radius 2 is 1.81 bits per heavy atom. The second-order valence-electron chi connectivity index (χ2n) is 7.47. The number of anilines is 2. The van der Waals surface area contributed by atoms with Crippen molar-refractivity contribution in [1.82, 2.24) is 19.5 Å². The van der Waals surface area contributed by atoms with Gasteiger partial charge < -0.3 is 45.6 Å². The first kappa shape index (κ1) is 29.0. The first-order valence-electron chi connectivity index (χ1n) is 10.2. The number of unbranched alkanes of at least 4 members (excludes halogenated alkanes) is 1. The van der Waals surface area contributed by atoms with E-state index >= 15 is 0 Å². The number of fused-ring (bicyclic) bond motifs is 1. The minimum atomic E-state index is -5.72. The SMILES string of the molecule is CCCCNc1nc(N)c2ncn([C@@H]3O[C@H](COP(=O)(O)OP(=O)(O)OP(=O)(O)O)[C@@H](O)[C@H]3O)c2n1. The smallest absolute Gasteiger partial charge is 0.387 e. The van der Waals surface area contributed by atoms with Gasteiger partial charge in [-0.15, -0.1) is 0 Å². The number of phosphoric acid groups is 3. The van der Waals surface area contributed by atoms with Gasteiger partial charge in [0.25, 0.3) is 0 Å². The zero-order valence-electron chi connectivity index (χ0n) is 18.5. The lowest BCUT2D eigenvalue weighted by molar-refractivity contribution is -0.0503. The molecule has 0 spiro atoms. The van der Waals surface area contributed by atoms with Gasteiger partial charge in [0.15, 0.2) is 17.7 Å². The average molecular weight is 578 g/mol. The number of hydrogen-bond acceptors (Lipinski definition) is 14. The van der Waals surface area contributed by atoms with Gasteiger partial charge in [-0.1, -0.05) is 13.3 Å². The van der Waals surface area contributed by atoms with E-state index in [-0.39, 0.29) is 22.9 Å². The highest BCUT2D eigenvalue weighted by molar-refractivity contribution is 7.66. The second kappa shape index (κ2) is 11.0. The van der Waals surface area contributed by atoms with E-state index < -0.39 is 54.6 Å². The Kier molecular flexibility index (Phi) is 8.90. The van der Waals surface area contributed by atoms with E-state index in [0.29, 0.717) is 6.54 Å². The molecule has 0 amide bonds. The van der Waals surface area contributed by atoms with Gasteiger partial charge in [-0.3, -0.25) is 9.09 Å². The van der Waals surface area contributed by atoms with Crippen LogP contribution in [-0.4, -0.2) is 80.8 Å². The molecule has 22 heteroatoms. The van der Waals surface area contributed by atoms with Gasteiger partial charge in [-0.25, -0.2) is 18.7 Å². The lowest BCUT2D eigenvalue weighted by atomic mass is 10.1. The molecule has 2 aromatic heterocycles. The molecule has 3 heterocycles. The van der Waals surface area contributed by atoms with Crippen LogP contribution in [-0.2, 0) is 31.6 Å². The molecule has 36 heavy (non-hydrogen) atoms. The number of rotatable bonds is 12. The number of aliphatic hydroxyl groups excluding tert-OH is 2. The van der Waals surface area contributed by atoms with Gasteiger partial charge in [-0.2, -0.15) is 18.6 Å². The van der Waals surface area contributed by atoms with Crippen molar-refractivity contribution in [2.45, 2.75) is 44.3 Å². The van der Waals surface area contributed by atoms with E-state index in [1.807, 2.05) is 6.92 Å². The van der Waals surface area contributed by atoms with Crippen molar-refractivity contribution >= 4 is 46.4 Å². The van der Waals surface area contributed by atoms with Crippen molar-refractivity contribution < 1.29 is 61.4 Å². The summed E-state index contributed by atoms with van der Waals surface area (Å²) in [6.45, 7) is 1.60. The number of phosphoric ester groups is 1. The van der Waals surface area contributed by atoms with Gasteiger partial charge >= 0.3 is 23.5 Å². The summed E-state index contributed by atoms with van der Waals surface area (Å²) in [5.41, 5.74) is 6.26. The highest BCUT2D eigenvalue weighted by Crippen LogP contribution is 2.66. The molecule has 2 unspecified atom stereocenters. The number of nitrogens with two attached hydrogens (primary N) is 1. The predicted octanol–water partition coefficient (Wildman–Crippen LogP) is -0.417. The Hall–Kier alpha value is -1.56. The summed E-state index contributed by atoms with van der Waals surface area (Å²) in [7, 11) is -16.7. The predicted molar refractivity (Wildman–Crippen MR) is 119 cm³/mol. The highest BCUT2D eigenvalue weighted by atomic mass is 31.3. The Labute approximate surface area is 202 Å². The summed E-state index contributed by atoms with van der Waals surface area (Å²) in [5, 5.41) is 23.8. The lowest BCUT2D eigenvalue weighted by Crippen LogP contribution is -2.33. The molecule has 1 saturated heterocycles. The van der Waals surface area contributed by atoms with Crippen LogP contribution < -0.4 is 11.1 Å². The van der Waals surface area contributed by atoms with Crippen LogP contribution in [0, 0.1) is 0 Å². The molecular weight excluding hydrogens is 553 g/mol. The van der Waals surface area contributed by atoms with E-state index in [2.05, 4.69) is 33.4 Å². The summed E-state index contributed by atoms with van der Waals surface area (Å²) >= 11 is 0. The number of hydrogen-bond donors (Lipinski definition) is 8. The Bertz CT molecular complexity index is 1220. The quantitative estimate of drug-likeness (QED) is 0.117. The second-order valence-corrected chi connectivity index (χ2v) is 11.9. The van der Waals surface area contributed by atoms with Gasteiger partial charge in [0.2, 0.25) is 5.95 Å². The third-order valence-electron chi connectivity index (χ3n) is 4.69. The van der Waals surface area contributed by atoms with Crippen LogP contribution in [0.25, 0.3) is 11.2 Å². The monoisotopic (exact) mass is 578 g/mol. The number of nitrogen functional groups attached to an aromatic ring is 1. The number of nitrogens with one attached hydrogen (secondary N) is 1. The zero-order valence-corrected chi connectivity index (χ0v) is 21.1. The van der Waals surface area contributed by atoms with Crippen LogP contribution >= 0.6 is 23.5 Å². The fraction of sp³-hybridized carbons (Fsp3) is 0.643. The molecule has 19 nitrogen and oxygen atoms in total. The number of nitrogens with zero attached hydrogens (tertiary/aromatic N) is 4. The van der Waals surface area contributed by atoms with E-state index in [9.17, 15) is 33.7 Å². The fourth-order valence-corrected chi connectivity index (χ4v) is 6.18.